The van der Waals surface area contributed by atoms with E-state index in [2.05, 4.69) is 16.2 Å². The minimum Gasteiger partial charge on any atom is -0.484 e. The van der Waals surface area contributed by atoms with Crippen LogP contribution in [0.15, 0.2) is 42.5 Å². The maximum Gasteiger partial charge on any atom is 0.276 e. The molecule has 9 heteroatoms. The van der Waals surface area contributed by atoms with Gasteiger partial charge in [0.1, 0.15) is 5.75 Å². The summed E-state index contributed by atoms with van der Waals surface area (Å²) in [4.78, 5) is 23.8. The molecule has 0 unspecified atom stereocenters. The van der Waals surface area contributed by atoms with E-state index < -0.39 is 11.8 Å². The van der Waals surface area contributed by atoms with Crippen LogP contribution in [-0.2, 0) is 4.79 Å². The van der Waals surface area contributed by atoms with Gasteiger partial charge < -0.3 is 4.74 Å². The van der Waals surface area contributed by atoms with Crippen molar-refractivity contribution in [3.8, 4) is 5.75 Å². The van der Waals surface area contributed by atoms with Gasteiger partial charge >= 0.3 is 0 Å². The zero-order valence-electron chi connectivity index (χ0n) is 13.6. The molecule has 26 heavy (non-hydrogen) atoms. The molecular formula is C17H15Cl2N3O3S. The molecule has 2 amide bonds. The van der Waals surface area contributed by atoms with Crippen molar-refractivity contribution >= 4 is 52.3 Å². The van der Waals surface area contributed by atoms with Gasteiger partial charge in [-0.2, -0.15) is 0 Å². The second kappa shape index (κ2) is 9.38. The Balaban J connectivity index is 1.77. The first-order chi connectivity index (χ1) is 12.3. The van der Waals surface area contributed by atoms with Gasteiger partial charge in [-0.05, 0) is 55.0 Å². The molecule has 2 rings (SSSR count). The molecule has 0 aliphatic heterocycles. The van der Waals surface area contributed by atoms with E-state index in [1.54, 1.807) is 12.1 Å². The Kier molecular flexibility index (Phi) is 7.20. The largest absolute Gasteiger partial charge is 0.484 e. The predicted molar refractivity (Wildman–Crippen MR) is 104 cm³/mol. The van der Waals surface area contributed by atoms with Crippen LogP contribution >= 0.6 is 35.4 Å². The number of aryl methyl sites for hydroxylation is 1. The van der Waals surface area contributed by atoms with Gasteiger partial charge in [0.05, 0.1) is 10.6 Å². The number of nitrogens with one attached hydrogen (secondary N) is 3. The molecule has 0 heterocycles. The van der Waals surface area contributed by atoms with E-state index in [1.165, 1.54) is 18.2 Å². The standard InChI is InChI=1S/C17H15Cl2N3O3S/c1-10-3-2-4-12(7-10)25-9-15(23)21-22-17(26)20-16(24)13-6-5-11(18)8-14(13)19/h2-8H,9H2,1H3,(H,21,23)(H2,20,22,24,26). The van der Waals surface area contributed by atoms with Crippen LogP contribution in [0.1, 0.15) is 15.9 Å². The molecule has 0 radical (unpaired) electrons. The van der Waals surface area contributed by atoms with Gasteiger partial charge in [-0.25, -0.2) is 0 Å². The first-order valence-corrected chi connectivity index (χ1v) is 8.56. The molecule has 0 saturated heterocycles. The Labute approximate surface area is 165 Å². The number of benzene rings is 2. The fraction of sp³-hybridized carbons (Fsp3) is 0.118. The van der Waals surface area contributed by atoms with Gasteiger partial charge in [-0.15, -0.1) is 0 Å². The molecule has 6 nitrogen and oxygen atoms in total. The van der Waals surface area contributed by atoms with Crippen LogP contribution in [0.5, 0.6) is 5.75 Å². The minimum atomic E-state index is -0.533. The Hall–Kier alpha value is -2.35. The molecule has 0 saturated carbocycles. The molecular weight excluding hydrogens is 397 g/mol. The Morgan fingerprint density at radius 3 is 2.58 bits per heavy atom. The molecule has 0 aliphatic carbocycles. The Bertz CT molecular complexity index is 846. The number of amides is 2. The van der Waals surface area contributed by atoms with Crippen LogP contribution in [0.4, 0.5) is 0 Å². The second-order valence-corrected chi connectivity index (χ2v) is 6.44. The van der Waals surface area contributed by atoms with Crippen molar-refractivity contribution in [3.05, 3.63) is 63.6 Å². The fourth-order valence-corrected chi connectivity index (χ4v) is 2.53. The molecule has 3 N–H and O–H groups in total. The van der Waals surface area contributed by atoms with Crippen molar-refractivity contribution in [2.45, 2.75) is 6.92 Å². The summed E-state index contributed by atoms with van der Waals surface area (Å²) in [7, 11) is 0. The summed E-state index contributed by atoms with van der Waals surface area (Å²) in [6.07, 6.45) is 0. The summed E-state index contributed by atoms with van der Waals surface area (Å²) in [5.74, 6) is -0.421. The van der Waals surface area contributed by atoms with Crippen LogP contribution in [0.25, 0.3) is 0 Å². The second-order valence-electron chi connectivity index (χ2n) is 5.19. The highest BCUT2D eigenvalue weighted by Crippen LogP contribution is 2.20. The average molecular weight is 412 g/mol. The van der Waals surface area contributed by atoms with E-state index >= 15 is 0 Å². The summed E-state index contributed by atoms with van der Waals surface area (Å²) in [5.41, 5.74) is 5.96. The molecule has 0 aliphatic rings. The molecule has 0 aromatic heterocycles. The number of halogens is 2. The number of hydrogen-bond donors (Lipinski definition) is 3. The Morgan fingerprint density at radius 2 is 1.88 bits per heavy atom. The highest BCUT2D eigenvalue weighted by atomic mass is 35.5. The van der Waals surface area contributed by atoms with Crippen molar-refractivity contribution in [2.75, 3.05) is 6.61 Å². The molecule has 0 atom stereocenters. The van der Waals surface area contributed by atoms with Crippen molar-refractivity contribution in [1.29, 1.82) is 0 Å². The molecule has 0 fully saturated rings. The van der Waals surface area contributed by atoms with Crippen LogP contribution in [0, 0.1) is 6.92 Å². The lowest BCUT2D eigenvalue weighted by molar-refractivity contribution is -0.123. The lowest BCUT2D eigenvalue weighted by Gasteiger charge is -2.12. The number of rotatable bonds is 4. The lowest BCUT2D eigenvalue weighted by atomic mass is 10.2. The minimum absolute atomic E-state index is 0.0927. The SMILES string of the molecule is Cc1cccc(OCC(=O)NNC(=S)NC(=O)c2ccc(Cl)cc2Cl)c1. The zero-order valence-corrected chi connectivity index (χ0v) is 16.0. The van der Waals surface area contributed by atoms with Crippen LogP contribution < -0.4 is 20.9 Å². The number of hydrogen-bond acceptors (Lipinski definition) is 4. The van der Waals surface area contributed by atoms with E-state index in [9.17, 15) is 9.59 Å². The highest BCUT2D eigenvalue weighted by molar-refractivity contribution is 7.80. The number of hydrazine groups is 1. The third-order valence-corrected chi connectivity index (χ3v) is 3.83. The molecule has 0 bridgehead atoms. The van der Waals surface area contributed by atoms with Gasteiger partial charge in [-0.1, -0.05) is 35.3 Å². The quantitative estimate of drug-likeness (QED) is 0.532. The van der Waals surface area contributed by atoms with E-state index in [0.717, 1.165) is 5.56 Å². The van der Waals surface area contributed by atoms with Gasteiger partial charge in [0.15, 0.2) is 11.7 Å². The monoisotopic (exact) mass is 411 g/mol. The lowest BCUT2D eigenvalue weighted by Crippen LogP contribution is -2.49. The smallest absolute Gasteiger partial charge is 0.276 e. The highest BCUT2D eigenvalue weighted by Gasteiger charge is 2.12. The maximum atomic E-state index is 12.1. The summed E-state index contributed by atoms with van der Waals surface area (Å²) in [6.45, 7) is 1.71. The molecule has 2 aromatic rings. The third-order valence-electron chi connectivity index (χ3n) is 3.08. The van der Waals surface area contributed by atoms with E-state index in [-0.39, 0.29) is 22.3 Å². The van der Waals surface area contributed by atoms with Gasteiger partial charge in [0.2, 0.25) is 0 Å². The number of carbonyl (C=O) groups is 2. The maximum absolute atomic E-state index is 12.1. The van der Waals surface area contributed by atoms with E-state index in [1.807, 2.05) is 19.1 Å². The topological polar surface area (TPSA) is 79.5 Å². The van der Waals surface area contributed by atoms with Crippen LogP contribution in [0.3, 0.4) is 0 Å². The van der Waals surface area contributed by atoms with Crippen molar-refractivity contribution in [3.63, 3.8) is 0 Å². The molecule has 136 valence electrons. The van der Waals surface area contributed by atoms with E-state index in [4.69, 9.17) is 40.2 Å². The molecule has 0 spiro atoms. The van der Waals surface area contributed by atoms with Gasteiger partial charge in [0.25, 0.3) is 11.8 Å². The normalized spacial score (nSPS) is 9.96. The average Bonchev–Trinajstić information content (AvgIpc) is 2.58. The fourth-order valence-electron chi connectivity index (χ4n) is 1.89. The summed E-state index contributed by atoms with van der Waals surface area (Å²) >= 11 is 16.7. The summed E-state index contributed by atoms with van der Waals surface area (Å²) in [6, 6.07) is 11.7. The van der Waals surface area contributed by atoms with E-state index in [0.29, 0.717) is 10.8 Å². The number of carbonyl (C=O) groups excluding carboxylic acids is 2. The Morgan fingerprint density at radius 1 is 1.12 bits per heavy atom. The summed E-state index contributed by atoms with van der Waals surface area (Å²) < 4.78 is 5.35. The van der Waals surface area contributed by atoms with Gasteiger partial charge in [0, 0.05) is 5.02 Å². The van der Waals surface area contributed by atoms with Crippen molar-refractivity contribution in [2.24, 2.45) is 0 Å². The first-order valence-electron chi connectivity index (χ1n) is 7.40. The first kappa shape index (κ1) is 20.0. The van der Waals surface area contributed by atoms with Crippen molar-refractivity contribution in [1.82, 2.24) is 16.2 Å². The van der Waals surface area contributed by atoms with Gasteiger partial charge in [-0.3, -0.25) is 25.8 Å². The van der Waals surface area contributed by atoms with Crippen LogP contribution in [0.2, 0.25) is 10.0 Å². The molecule has 2 aromatic carbocycles. The zero-order chi connectivity index (χ0) is 19.1. The number of ether oxygens (including phenoxy) is 1. The summed E-state index contributed by atoms with van der Waals surface area (Å²) in [5, 5.41) is 2.90. The number of thiocarbonyl (C=S) groups is 1. The van der Waals surface area contributed by atoms with Crippen molar-refractivity contribution < 1.29 is 14.3 Å². The predicted octanol–water partition coefficient (Wildman–Crippen LogP) is 3.02. The van der Waals surface area contributed by atoms with Crippen LogP contribution in [-0.4, -0.2) is 23.5 Å². The third kappa shape index (κ3) is 6.18.